The molecule has 0 aliphatic carbocycles. The third kappa shape index (κ3) is 7.19. The predicted molar refractivity (Wildman–Crippen MR) is 59.0 cm³/mol. The lowest BCUT2D eigenvalue weighted by molar-refractivity contribution is -0.147. The summed E-state index contributed by atoms with van der Waals surface area (Å²) in [5.41, 5.74) is 0. The van der Waals surface area contributed by atoms with Crippen molar-refractivity contribution in [1.82, 2.24) is 10.6 Å². The van der Waals surface area contributed by atoms with Gasteiger partial charge in [0.15, 0.2) is 6.10 Å². The molecule has 0 aliphatic heterocycles. The molecule has 0 saturated carbocycles. The van der Waals surface area contributed by atoms with Crippen molar-refractivity contribution in [2.45, 2.75) is 38.8 Å². The van der Waals surface area contributed by atoms with E-state index in [1.165, 1.54) is 0 Å². The Kier molecular flexibility index (Phi) is 7.49. The fourth-order valence-electron chi connectivity index (χ4n) is 0.946. The van der Waals surface area contributed by atoms with Crippen LogP contribution in [0.25, 0.3) is 0 Å². The van der Waals surface area contributed by atoms with Crippen molar-refractivity contribution in [3.05, 3.63) is 0 Å². The maximum Gasteiger partial charge on any atom is 0.332 e. The van der Waals surface area contributed by atoms with E-state index in [-0.39, 0.29) is 31.5 Å². The monoisotopic (exact) mass is 232 g/mol. The maximum absolute atomic E-state index is 11.2. The van der Waals surface area contributed by atoms with Crippen molar-refractivity contribution < 1.29 is 19.8 Å². The molecule has 0 spiro atoms. The van der Waals surface area contributed by atoms with E-state index < -0.39 is 12.1 Å². The molecule has 0 heterocycles. The summed E-state index contributed by atoms with van der Waals surface area (Å²) in [4.78, 5) is 21.5. The first kappa shape index (κ1) is 14.9. The topological polar surface area (TPSA) is 98.7 Å². The number of carboxylic acids is 1. The highest BCUT2D eigenvalue weighted by Gasteiger charge is 2.12. The van der Waals surface area contributed by atoms with Crippen LogP contribution in [0.2, 0.25) is 0 Å². The van der Waals surface area contributed by atoms with Crippen LogP contribution < -0.4 is 10.6 Å². The van der Waals surface area contributed by atoms with Gasteiger partial charge in [0.2, 0.25) is 5.91 Å². The molecule has 0 rings (SSSR count). The van der Waals surface area contributed by atoms with Gasteiger partial charge in [0.25, 0.3) is 0 Å². The third-order valence-electron chi connectivity index (χ3n) is 2.25. The Morgan fingerprint density at radius 3 is 2.50 bits per heavy atom. The Balaban J connectivity index is 3.55. The number of carboxylic acid groups (broad SMARTS) is 1. The highest BCUT2D eigenvalue weighted by molar-refractivity contribution is 5.78. The quantitative estimate of drug-likeness (QED) is 0.445. The summed E-state index contributed by atoms with van der Waals surface area (Å²) in [5, 5.41) is 22.8. The summed E-state index contributed by atoms with van der Waals surface area (Å²) in [6, 6.07) is 0.273. The van der Waals surface area contributed by atoms with Crippen LogP contribution in [0.4, 0.5) is 0 Å². The van der Waals surface area contributed by atoms with Crippen molar-refractivity contribution in [2.75, 3.05) is 13.1 Å². The van der Waals surface area contributed by atoms with Crippen LogP contribution in [-0.2, 0) is 9.59 Å². The van der Waals surface area contributed by atoms with Gasteiger partial charge in [-0.15, -0.1) is 0 Å². The fraction of sp³-hybridized carbons (Fsp3) is 0.800. The predicted octanol–water partition coefficient (Wildman–Crippen LogP) is -0.674. The van der Waals surface area contributed by atoms with E-state index in [0.717, 1.165) is 6.42 Å². The van der Waals surface area contributed by atoms with Gasteiger partial charge in [-0.2, -0.15) is 0 Å². The number of aliphatic hydroxyl groups is 1. The van der Waals surface area contributed by atoms with Gasteiger partial charge < -0.3 is 20.8 Å². The molecule has 0 fully saturated rings. The van der Waals surface area contributed by atoms with Gasteiger partial charge in [0, 0.05) is 19.0 Å². The van der Waals surface area contributed by atoms with E-state index in [0.29, 0.717) is 0 Å². The first-order valence-electron chi connectivity index (χ1n) is 5.38. The van der Waals surface area contributed by atoms with Crippen LogP contribution in [-0.4, -0.2) is 47.3 Å². The average Bonchev–Trinajstić information content (AvgIpc) is 2.25. The SMILES string of the molecule is CCC(C)NCC(=O)NCC[C@H](O)C(=O)O. The van der Waals surface area contributed by atoms with Crippen molar-refractivity contribution >= 4 is 11.9 Å². The fourth-order valence-corrected chi connectivity index (χ4v) is 0.946. The maximum atomic E-state index is 11.2. The van der Waals surface area contributed by atoms with Crippen molar-refractivity contribution in [3.8, 4) is 0 Å². The molecule has 0 saturated heterocycles. The van der Waals surface area contributed by atoms with Crippen LogP contribution >= 0.6 is 0 Å². The van der Waals surface area contributed by atoms with Gasteiger partial charge >= 0.3 is 5.97 Å². The smallest absolute Gasteiger partial charge is 0.332 e. The molecule has 4 N–H and O–H groups in total. The highest BCUT2D eigenvalue weighted by Crippen LogP contribution is 1.89. The molecule has 0 aromatic carbocycles. The molecule has 1 unspecified atom stereocenters. The first-order valence-corrected chi connectivity index (χ1v) is 5.38. The average molecular weight is 232 g/mol. The standard InChI is InChI=1S/C10H20N2O4/c1-3-7(2)12-6-9(14)11-5-4-8(13)10(15)16/h7-8,12-13H,3-6H2,1-2H3,(H,11,14)(H,15,16)/t7?,8-/m0/s1. The Labute approximate surface area is 95.0 Å². The second-order valence-electron chi connectivity index (χ2n) is 3.68. The number of rotatable bonds is 8. The van der Waals surface area contributed by atoms with Gasteiger partial charge in [-0.25, -0.2) is 4.79 Å². The number of amides is 1. The second kappa shape index (κ2) is 8.06. The molecule has 0 aromatic rings. The lowest BCUT2D eigenvalue weighted by Crippen LogP contribution is -2.39. The Bertz CT molecular complexity index is 233. The van der Waals surface area contributed by atoms with Crippen LogP contribution in [0, 0.1) is 0 Å². The van der Waals surface area contributed by atoms with Crippen molar-refractivity contribution in [2.24, 2.45) is 0 Å². The van der Waals surface area contributed by atoms with Gasteiger partial charge in [-0.1, -0.05) is 6.92 Å². The van der Waals surface area contributed by atoms with E-state index in [4.69, 9.17) is 10.2 Å². The van der Waals surface area contributed by atoms with E-state index >= 15 is 0 Å². The number of aliphatic hydroxyl groups excluding tert-OH is 1. The Morgan fingerprint density at radius 1 is 1.38 bits per heavy atom. The van der Waals surface area contributed by atoms with Crippen LogP contribution in [0.5, 0.6) is 0 Å². The molecule has 2 atom stereocenters. The number of hydrogen-bond donors (Lipinski definition) is 4. The van der Waals surface area contributed by atoms with E-state index in [9.17, 15) is 9.59 Å². The summed E-state index contributed by atoms with van der Waals surface area (Å²) in [5.74, 6) is -1.47. The van der Waals surface area contributed by atoms with E-state index in [1.807, 2.05) is 13.8 Å². The van der Waals surface area contributed by atoms with Crippen LogP contribution in [0.3, 0.4) is 0 Å². The molecule has 94 valence electrons. The zero-order valence-electron chi connectivity index (χ0n) is 9.69. The molecule has 0 aromatic heterocycles. The molecule has 16 heavy (non-hydrogen) atoms. The van der Waals surface area contributed by atoms with Crippen LogP contribution in [0.1, 0.15) is 26.7 Å². The Hall–Kier alpha value is -1.14. The van der Waals surface area contributed by atoms with E-state index in [2.05, 4.69) is 10.6 Å². The zero-order chi connectivity index (χ0) is 12.6. The van der Waals surface area contributed by atoms with Crippen molar-refractivity contribution in [3.63, 3.8) is 0 Å². The van der Waals surface area contributed by atoms with E-state index in [1.54, 1.807) is 0 Å². The normalized spacial score (nSPS) is 14.2. The number of aliphatic carboxylic acids is 1. The Morgan fingerprint density at radius 2 is 2.00 bits per heavy atom. The molecular formula is C10H20N2O4. The number of carbonyl (C=O) groups excluding carboxylic acids is 1. The largest absolute Gasteiger partial charge is 0.479 e. The molecule has 6 heteroatoms. The first-order chi connectivity index (χ1) is 7.47. The number of nitrogens with one attached hydrogen (secondary N) is 2. The second-order valence-corrected chi connectivity index (χ2v) is 3.68. The third-order valence-corrected chi connectivity index (χ3v) is 2.25. The minimum absolute atomic E-state index is 0.0183. The summed E-state index contributed by atoms with van der Waals surface area (Å²) < 4.78 is 0. The molecule has 0 radical (unpaired) electrons. The molecule has 0 aliphatic rings. The molecule has 6 nitrogen and oxygen atoms in total. The summed E-state index contributed by atoms with van der Waals surface area (Å²) in [6.45, 7) is 4.35. The summed E-state index contributed by atoms with van der Waals surface area (Å²) in [6.07, 6.45) is -0.460. The van der Waals surface area contributed by atoms with Gasteiger partial charge in [0.1, 0.15) is 0 Å². The van der Waals surface area contributed by atoms with Gasteiger partial charge in [-0.05, 0) is 13.3 Å². The lowest BCUT2D eigenvalue weighted by atomic mass is 10.2. The number of hydrogen-bond acceptors (Lipinski definition) is 4. The minimum atomic E-state index is -1.41. The molecule has 1 amide bonds. The highest BCUT2D eigenvalue weighted by atomic mass is 16.4. The summed E-state index contributed by atoms with van der Waals surface area (Å²) in [7, 11) is 0. The molecular weight excluding hydrogens is 212 g/mol. The zero-order valence-corrected chi connectivity index (χ0v) is 9.69. The number of carbonyl (C=O) groups is 2. The summed E-state index contributed by atoms with van der Waals surface area (Å²) >= 11 is 0. The lowest BCUT2D eigenvalue weighted by Gasteiger charge is -2.11. The van der Waals surface area contributed by atoms with Crippen molar-refractivity contribution in [1.29, 1.82) is 0 Å². The van der Waals surface area contributed by atoms with Crippen LogP contribution in [0.15, 0.2) is 0 Å². The molecule has 0 bridgehead atoms. The minimum Gasteiger partial charge on any atom is -0.479 e. The van der Waals surface area contributed by atoms with Gasteiger partial charge in [0.05, 0.1) is 6.54 Å². The van der Waals surface area contributed by atoms with Gasteiger partial charge in [-0.3, -0.25) is 4.79 Å².